The number of imidazole rings is 1. The highest BCUT2D eigenvalue weighted by Gasteiger charge is 2.24. The van der Waals surface area contributed by atoms with Crippen molar-refractivity contribution < 1.29 is 4.42 Å². The molecule has 3 aromatic heterocycles. The minimum Gasteiger partial charge on any atom is -0.428 e. The van der Waals surface area contributed by atoms with E-state index in [1.165, 1.54) is 9.13 Å². The van der Waals surface area contributed by atoms with Crippen molar-refractivity contribution >= 4 is 17.0 Å². The van der Waals surface area contributed by atoms with Gasteiger partial charge < -0.3 is 4.42 Å². The number of fused-ring (bicyclic) bond motifs is 3. The molecule has 0 saturated heterocycles. The smallest absolute Gasteiger partial charge is 0.332 e. The van der Waals surface area contributed by atoms with Gasteiger partial charge in [0.1, 0.15) is 5.76 Å². The van der Waals surface area contributed by atoms with Gasteiger partial charge >= 0.3 is 11.5 Å². The second-order valence-electron chi connectivity index (χ2n) is 7.82. The fourth-order valence-electron chi connectivity index (χ4n) is 3.18. The predicted octanol–water partition coefficient (Wildman–Crippen LogP) is 2.48. The van der Waals surface area contributed by atoms with E-state index in [-0.39, 0.29) is 16.7 Å². The lowest BCUT2D eigenvalue weighted by atomic mass is 9.94. The molecule has 7 heteroatoms. The molecule has 0 aliphatic carbocycles. The van der Waals surface area contributed by atoms with E-state index in [4.69, 9.17) is 4.42 Å². The Hall–Kier alpha value is -3.09. The zero-order chi connectivity index (χ0) is 19.3. The zero-order valence-electron chi connectivity index (χ0n) is 15.9. The van der Waals surface area contributed by atoms with Gasteiger partial charge in [-0.25, -0.2) is 4.79 Å². The van der Waals surface area contributed by atoms with Crippen molar-refractivity contribution in [3.63, 3.8) is 0 Å². The summed E-state index contributed by atoms with van der Waals surface area (Å²) in [5.41, 5.74) is 0.834. The van der Waals surface area contributed by atoms with Crippen LogP contribution in [0.15, 0.2) is 50.5 Å². The van der Waals surface area contributed by atoms with Crippen LogP contribution >= 0.6 is 0 Å². The van der Waals surface area contributed by atoms with Crippen molar-refractivity contribution in [2.75, 3.05) is 0 Å². The van der Waals surface area contributed by atoms with Crippen LogP contribution in [0.2, 0.25) is 0 Å². The first-order valence-electron chi connectivity index (χ1n) is 8.93. The fourth-order valence-corrected chi connectivity index (χ4v) is 3.18. The van der Waals surface area contributed by atoms with Crippen LogP contribution in [0.1, 0.15) is 32.1 Å². The minimum absolute atomic E-state index is 0.208. The van der Waals surface area contributed by atoms with E-state index in [0.717, 1.165) is 11.3 Å². The number of nitrogens with zero attached hydrogens (tertiary/aromatic N) is 4. The molecule has 0 unspecified atom stereocenters. The third-order valence-corrected chi connectivity index (χ3v) is 4.80. The number of aryl methyl sites for hydroxylation is 2. The Balaban J connectivity index is 1.89. The van der Waals surface area contributed by atoms with Crippen molar-refractivity contribution in [1.29, 1.82) is 0 Å². The number of hydrogen-bond donors (Lipinski definition) is 0. The molecule has 27 heavy (non-hydrogen) atoms. The van der Waals surface area contributed by atoms with E-state index >= 15 is 0 Å². The van der Waals surface area contributed by atoms with Crippen molar-refractivity contribution in [3.05, 3.63) is 68.7 Å². The average molecular weight is 366 g/mol. The van der Waals surface area contributed by atoms with Crippen molar-refractivity contribution in [2.24, 2.45) is 7.05 Å². The molecule has 0 fully saturated rings. The molecule has 4 rings (SSSR count). The summed E-state index contributed by atoms with van der Waals surface area (Å²) in [5, 5.41) is 0. The van der Waals surface area contributed by atoms with E-state index in [0.29, 0.717) is 30.0 Å². The van der Waals surface area contributed by atoms with Crippen LogP contribution in [0, 0.1) is 0 Å². The summed E-state index contributed by atoms with van der Waals surface area (Å²) >= 11 is 0. The molecular formula is C20H22N4O3. The van der Waals surface area contributed by atoms with Crippen molar-refractivity contribution in [1.82, 2.24) is 18.5 Å². The van der Waals surface area contributed by atoms with Gasteiger partial charge in [0.05, 0.1) is 6.20 Å². The summed E-state index contributed by atoms with van der Waals surface area (Å²) in [6.45, 7) is 6.40. The number of rotatable bonds is 3. The molecule has 0 radical (unpaired) electrons. The summed E-state index contributed by atoms with van der Waals surface area (Å²) in [5.74, 6) is 1.05. The number of hydrogen-bond acceptors (Lipinski definition) is 4. The highest BCUT2D eigenvalue weighted by molar-refractivity contribution is 5.74. The maximum atomic E-state index is 13.1. The first kappa shape index (κ1) is 17.3. The largest absolute Gasteiger partial charge is 0.428 e. The van der Waals surface area contributed by atoms with Crippen LogP contribution in [-0.4, -0.2) is 18.5 Å². The summed E-state index contributed by atoms with van der Waals surface area (Å²) in [6.07, 6.45) is 2.39. The summed E-state index contributed by atoms with van der Waals surface area (Å²) in [4.78, 5) is 30.2. The van der Waals surface area contributed by atoms with E-state index in [9.17, 15) is 9.59 Å². The molecule has 7 nitrogen and oxygen atoms in total. The normalized spacial score (nSPS) is 12.3. The first-order chi connectivity index (χ1) is 12.8. The van der Waals surface area contributed by atoms with Gasteiger partial charge in [0.2, 0.25) is 0 Å². The van der Waals surface area contributed by atoms with Crippen LogP contribution in [0.5, 0.6) is 0 Å². The molecule has 0 spiro atoms. The minimum atomic E-state index is -0.375. The van der Waals surface area contributed by atoms with E-state index in [1.54, 1.807) is 17.6 Å². The summed E-state index contributed by atoms with van der Waals surface area (Å²) in [6, 6.07) is 9.79. The third kappa shape index (κ3) is 2.79. The zero-order valence-corrected chi connectivity index (χ0v) is 15.9. The van der Waals surface area contributed by atoms with Crippen molar-refractivity contribution in [2.45, 2.75) is 39.2 Å². The molecule has 3 heterocycles. The molecular weight excluding hydrogens is 344 g/mol. The van der Waals surface area contributed by atoms with Gasteiger partial charge in [-0.3, -0.25) is 18.3 Å². The Labute approximate surface area is 155 Å². The van der Waals surface area contributed by atoms with Gasteiger partial charge in [-0.1, -0.05) is 51.1 Å². The second-order valence-corrected chi connectivity index (χ2v) is 7.82. The lowest BCUT2D eigenvalue weighted by Gasteiger charge is -2.13. The number of aromatic nitrogens is 4. The molecule has 1 aromatic carbocycles. The molecule has 0 atom stereocenters. The topological polar surface area (TPSA) is 74.4 Å². The van der Waals surface area contributed by atoms with Crippen LogP contribution in [0.25, 0.3) is 17.0 Å². The maximum Gasteiger partial charge on any atom is 0.332 e. The molecule has 0 N–H and O–H groups in total. The molecule has 0 aliphatic rings. The molecule has 0 aliphatic heterocycles. The predicted molar refractivity (Wildman–Crippen MR) is 103 cm³/mol. The van der Waals surface area contributed by atoms with Gasteiger partial charge in [0, 0.05) is 19.0 Å². The quantitative estimate of drug-likeness (QED) is 0.558. The molecule has 0 amide bonds. The molecule has 0 saturated carbocycles. The van der Waals surface area contributed by atoms with Gasteiger partial charge in [0.15, 0.2) is 11.2 Å². The Morgan fingerprint density at radius 2 is 1.81 bits per heavy atom. The third-order valence-electron chi connectivity index (χ3n) is 4.80. The van der Waals surface area contributed by atoms with Gasteiger partial charge in [-0.15, -0.1) is 0 Å². The van der Waals surface area contributed by atoms with Gasteiger partial charge in [-0.05, 0) is 12.0 Å². The molecule has 140 valence electrons. The van der Waals surface area contributed by atoms with E-state index in [2.05, 4.69) is 4.98 Å². The average Bonchev–Trinajstić information content (AvgIpc) is 3.18. The second kappa shape index (κ2) is 5.97. The van der Waals surface area contributed by atoms with E-state index < -0.39 is 0 Å². The van der Waals surface area contributed by atoms with Gasteiger partial charge in [-0.2, -0.15) is 4.98 Å². The maximum absolute atomic E-state index is 13.1. The Morgan fingerprint density at radius 3 is 2.48 bits per heavy atom. The lowest BCUT2D eigenvalue weighted by Crippen LogP contribution is -2.39. The Kier molecular flexibility index (Phi) is 3.83. The van der Waals surface area contributed by atoms with E-state index in [1.807, 2.05) is 51.1 Å². The summed E-state index contributed by atoms with van der Waals surface area (Å²) in [7, 11) is 1.63. The Bertz CT molecular complexity index is 1250. The van der Waals surface area contributed by atoms with Crippen molar-refractivity contribution in [3.8, 4) is 0 Å². The highest BCUT2D eigenvalue weighted by atomic mass is 16.4. The summed E-state index contributed by atoms with van der Waals surface area (Å²) < 4.78 is 10.1. The molecule has 4 aromatic rings. The van der Waals surface area contributed by atoms with Gasteiger partial charge in [0.25, 0.3) is 5.56 Å². The van der Waals surface area contributed by atoms with Crippen LogP contribution in [0.3, 0.4) is 0 Å². The van der Waals surface area contributed by atoms with Crippen LogP contribution in [-0.2, 0) is 25.4 Å². The number of benzene rings is 1. The fraction of sp³-hybridized carbons (Fsp3) is 0.350. The standard InChI is InChI=1S/C20H22N4O3/c1-20(2,3)14-12-24-15-16(21-18(24)27-14)22(4)19(26)23(17(15)25)11-10-13-8-6-5-7-9-13/h5-9,12H,10-11H2,1-4H3. The van der Waals surface area contributed by atoms with Crippen LogP contribution in [0.4, 0.5) is 0 Å². The lowest BCUT2D eigenvalue weighted by molar-refractivity contribution is 0.425. The monoisotopic (exact) mass is 366 g/mol. The molecule has 0 bridgehead atoms. The number of oxazole rings is 1. The Morgan fingerprint density at radius 1 is 1.11 bits per heavy atom. The first-order valence-corrected chi connectivity index (χ1v) is 8.93. The van der Waals surface area contributed by atoms with Crippen LogP contribution < -0.4 is 11.2 Å². The SMILES string of the molecule is Cn1c(=O)n(CCc2ccccc2)c(=O)c2c1nc1oc(C(C)(C)C)cn12. The highest BCUT2D eigenvalue weighted by Crippen LogP contribution is 2.26.